The number of carboxylic acid groups (broad SMARTS) is 1. The Morgan fingerprint density at radius 3 is 2.76 bits per heavy atom. The van der Waals surface area contributed by atoms with Crippen LogP contribution in [0.15, 0.2) is 53.3 Å². The van der Waals surface area contributed by atoms with E-state index < -0.39 is 5.41 Å². The highest BCUT2D eigenvalue weighted by molar-refractivity contribution is 6.09. The Balaban J connectivity index is 0.000000821. The maximum Gasteiger partial charge on any atom is 0.292 e. The number of aromatic nitrogens is 3. The fraction of sp³-hybridized carbons (Fsp3) is 0.348. The number of aryl methyl sites for hydroxylation is 1. The van der Waals surface area contributed by atoms with Crippen LogP contribution in [0.4, 0.5) is 5.69 Å². The summed E-state index contributed by atoms with van der Waals surface area (Å²) in [6, 6.07) is 11.5. The van der Waals surface area contributed by atoms with Gasteiger partial charge in [0.05, 0.1) is 17.7 Å². The van der Waals surface area contributed by atoms with Gasteiger partial charge in [-0.15, -0.1) is 0 Å². The number of carbonyl (C=O) groups is 3. The number of benzene rings is 1. The second-order valence-corrected chi connectivity index (χ2v) is 7.94. The number of para-hydroxylation sites is 1. The quantitative estimate of drug-likeness (QED) is 0.589. The number of likely N-dealkylation sites (tertiary alicyclic amines) is 1. The average molecular weight is 451 g/mol. The first-order valence-corrected chi connectivity index (χ1v) is 10.8. The Morgan fingerprint density at radius 1 is 1.27 bits per heavy atom. The SMILES string of the molecule is CCc1cc(C(=O)N2CCC3(C2)C(=O)N(CCn2cccn2)c2ccccc23)on1.O=CO. The maximum atomic E-state index is 13.6. The van der Waals surface area contributed by atoms with E-state index in [1.807, 2.05) is 53.0 Å². The molecule has 2 amide bonds. The summed E-state index contributed by atoms with van der Waals surface area (Å²) in [5, 5.41) is 15.0. The fourth-order valence-electron chi connectivity index (χ4n) is 4.57. The molecule has 10 nitrogen and oxygen atoms in total. The van der Waals surface area contributed by atoms with Gasteiger partial charge in [-0.3, -0.25) is 19.1 Å². The minimum absolute atomic E-state index is 0.0537. The molecule has 1 aromatic carbocycles. The highest BCUT2D eigenvalue weighted by Gasteiger charge is 2.55. The molecule has 3 aromatic rings. The van der Waals surface area contributed by atoms with Crippen molar-refractivity contribution in [2.24, 2.45) is 0 Å². The molecule has 1 fully saturated rings. The summed E-state index contributed by atoms with van der Waals surface area (Å²) in [6.45, 7) is 3.72. The average Bonchev–Trinajstić information content (AvgIpc) is 3.62. The number of nitrogens with zero attached hydrogens (tertiary/aromatic N) is 5. The number of rotatable bonds is 5. The van der Waals surface area contributed by atoms with Crippen molar-refractivity contribution in [2.75, 3.05) is 24.5 Å². The molecule has 1 spiro atoms. The van der Waals surface area contributed by atoms with Crippen molar-refractivity contribution in [3.05, 3.63) is 65.8 Å². The van der Waals surface area contributed by atoms with Gasteiger partial charge in [-0.1, -0.05) is 30.3 Å². The maximum absolute atomic E-state index is 13.6. The molecule has 1 saturated heterocycles. The number of hydrogen-bond acceptors (Lipinski definition) is 6. The third kappa shape index (κ3) is 3.99. The lowest BCUT2D eigenvalue weighted by molar-refractivity contribution is -0.123. The summed E-state index contributed by atoms with van der Waals surface area (Å²) < 4.78 is 7.05. The molecule has 4 heterocycles. The van der Waals surface area contributed by atoms with Crippen LogP contribution >= 0.6 is 0 Å². The topological polar surface area (TPSA) is 122 Å². The molecule has 5 rings (SSSR count). The predicted molar refractivity (Wildman–Crippen MR) is 118 cm³/mol. The van der Waals surface area contributed by atoms with Crippen molar-refractivity contribution in [2.45, 2.75) is 31.7 Å². The molecule has 1 atom stereocenters. The van der Waals surface area contributed by atoms with E-state index in [1.165, 1.54) is 0 Å². The van der Waals surface area contributed by atoms with Gasteiger partial charge in [0.25, 0.3) is 12.4 Å². The van der Waals surface area contributed by atoms with Crippen molar-refractivity contribution < 1.29 is 24.0 Å². The van der Waals surface area contributed by atoms with Crippen molar-refractivity contribution in [3.8, 4) is 0 Å². The molecule has 2 aliphatic rings. The Labute approximate surface area is 190 Å². The second kappa shape index (κ2) is 9.27. The van der Waals surface area contributed by atoms with Gasteiger partial charge in [0.15, 0.2) is 0 Å². The van der Waals surface area contributed by atoms with Crippen LogP contribution in [0.2, 0.25) is 0 Å². The molecule has 1 unspecified atom stereocenters. The molecule has 0 radical (unpaired) electrons. The van der Waals surface area contributed by atoms with Crippen LogP contribution in [0.25, 0.3) is 0 Å². The summed E-state index contributed by atoms with van der Waals surface area (Å²) in [5.74, 6) is 0.0792. The van der Waals surface area contributed by atoms with Crippen LogP contribution < -0.4 is 4.90 Å². The highest BCUT2D eigenvalue weighted by Crippen LogP contribution is 2.47. The van der Waals surface area contributed by atoms with Gasteiger partial charge < -0.3 is 19.4 Å². The summed E-state index contributed by atoms with van der Waals surface area (Å²) >= 11 is 0. The molecule has 33 heavy (non-hydrogen) atoms. The van der Waals surface area contributed by atoms with E-state index in [-0.39, 0.29) is 24.0 Å². The van der Waals surface area contributed by atoms with Crippen LogP contribution in [0, 0.1) is 0 Å². The van der Waals surface area contributed by atoms with Crippen LogP contribution in [0.3, 0.4) is 0 Å². The Kier molecular flexibility index (Phi) is 6.25. The van der Waals surface area contributed by atoms with Gasteiger partial charge in [0, 0.05) is 43.8 Å². The molecule has 172 valence electrons. The zero-order chi connectivity index (χ0) is 23.4. The van der Waals surface area contributed by atoms with Gasteiger partial charge in [0.2, 0.25) is 11.7 Å². The van der Waals surface area contributed by atoms with Crippen LogP contribution in [-0.4, -0.2) is 62.9 Å². The molecular weight excluding hydrogens is 426 g/mol. The number of fused-ring (bicyclic) bond motifs is 2. The lowest BCUT2D eigenvalue weighted by Crippen LogP contribution is -2.44. The lowest BCUT2D eigenvalue weighted by atomic mass is 9.81. The summed E-state index contributed by atoms with van der Waals surface area (Å²) in [5.41, 5.74) is 1.97. The van der Waals surface area contributed by atoms with Crippen molar-refractivity contribution in [1.82, 2.24) is 19.8 Å². The van der Waals surface area contributed by atoms with Gasteiger partial charge >= 0.3 is 0 Å². The first-order chi connectivity index (χ1) is 16.0. The zero-order valence-electron chi connectivity index (χ0n) is 18.3. The fourth-order valence-corrected chi connectivity index (χ4v) is 4.57. The number of anilines is 1. The smallest absolute Gasteiger partial charge is 0.292 e. The van der Waals surface area contributed by atoms with E-state index in [4.69, 9.17) is 14.4 Å². The van der Waals surface area contributed by atoms with Gasteiger partial charge in [-0.2, -0.15) is 5.10 Å². The Bertz CT molecular complexity index is 1140. The number of amides is 2. The third-order valence-corrected chi connectivity index (χ3v) is 6.17. The van der Waals surface area contributed by atoms with Crippen molar-refractivity contribution in [1.29, 1.82) is 0 Å². The van der Waals surface area contributed by atoms with E-state index in [0.717, 1.165) is 16.9 Å². The predicted octanol–water partition coefficient (Wildman–Crippen LogP) is 1.96. The first-order valence-electron chi connectivity index (χ1n) is 10.8. The van der Waals surface area contributed by atoms with Gasteiger partial charge in [0.1, 0.15) is 0 Å². The van der Waals surface area contributed by atoms with E-state index in [0.29, 0.717) is 39.0 Å². The van der Waals surface area contributed by atoms with Crippen molar-refractivity contribution in [3.63, 3.8) is 0 Å². The van der Waals surface area contributed by atoms with Crippen LogP contribution in [-0.2, 0) is 28.0 Å². The molecule has 2 aromatic heterocycles. The molecular formula is C23H25N5O5. The first kappa shape index (κ1) is 22.3. The minimum Gasteiger partial charge on any atom is -0.483 e. The minimum atomic E-state index is -0.704. The Hall–Kier alpha value is -3.95. The molecule has 2 aliphatic heterocycles. The van der Waals surface area contributed by atoms with Gasteiger partial charge in [-0.05, 0) is 30.5 Å². The molecule has 0 saturated carbocycles. The van der Waals surface area contributed by atoms with E-state index in [1.54, 1.807) is 17.2 Å². The van der Waals surface area contributed by atoms with E-state index >= 15 is 0 Å². The summed E-state index contributed by atoms with van der Waals surface area (Å²) in [4.78, 5) is 38.5. The van der Waals surface area contributed by atoms with Gasteiger partial charge in [-0.25, -0.2) is 0 Å². The van der Waals surface area contributed by atoms with Crippen LogP contribution in [0.5, 0.6) is 0 Å². The molecule has 1 N–H and O–H groups in total. The van der Waals surface area contributed by atoms with E-state index in [2.05, 4.69) is 10.3 Å². The largest absolute Gasteiger partial charge is 0.483 e. The second-order valence-electron chi connectivity index (χ2n) is 7.94. The zero-order valence-corrected chi connectivity index (χ0v) is 18.3. The lowest BCUT2D eigenvalue weighted by Gasteiger charge is -2.24. The molecule has 10 heteroatoms. The normalized spacial score (nSPS) is 18.9. The standard InChI is InChI=1S/C22H23N5O3.CH2O2/c1-2-16-14-19(30-24-16)20(28)25-11-8-22(15-25)17-6-3-4-7-18(17)27(21(22)29)13-12-26-10-5-9-23-26;2-1-3/h3-7,9-10,14H,2,8,11-13,15H2,1H3;1H,(H,2,3). The summed E-state index contributed by atoms with van der Waals surface area (Å²) in [6.07, 6.45) is 4.93. The number of hydrogen-bond donors (Lipinski definition) is 1. The monoisotopic (exact) mass is 451 g/mol. The van der Waals surface area contributed by atoms with E-state index in [9.17, 15) is 9.59 Å². The number of carbonyl (C=O) groups excluding carboxylic acids is 2. The molecule has 0 bridgehead atoms. The Morgan fingerprint density at radius 2 is 2.06 bits per heavy atom. The van der Waals surface area contributed by atoms with Crippen molar-refractivity contribution >= 4 is 24.0 Å². The third-order valence-electron chi connectivity index (χ3n) is 6.17. The highest BCUT2D eigenvalue weighted by atomic mass is 16.5. The summed E-state index contributed by atoms with van der Waals surface area (Å²) in [7, 11) is 0. The van der Waals surface area contributed by atoms with Crippen LogP contribution in [0.1, 0.15) is 35.2 Å². The molecule has 0 aliphatic carbocycles.